The van der Waals surface area contributed by atoms with E-state index >= 15 is 4.39 Å². The van der Waals surface area contributed by atoms with E-state index in [1.807, 2.05) is 0 Å². The van der Waals surface area contributed by atoms with Gasteiger partial charge in [0.05, 0.1) is 23.1 Å². The largest absolute Gasteiger partial charge is 0.511 e. The first kappa shape index (κ1) is 31.6. The van der Waals surface area contributed by atoms with E-state index in [4.69, 9.17) is 18.9 Å². The summed E-state index contributed by atoms with van der Waals surface area (Å²) in [7, 11) is 0. The lowest BCUT2D eigenvalue weighted by Crippen LogP contribution is -2.26. The molecule has 6 rings (SSSR count). The molecule has 1 aliphatic carbocycles. The molecule has 1 fully saturated rings. The molecule has 0 saturated heterocycles. The van der Waals surface area contributed by atoms with Crippen molar-refractivity contribution in [2.24, 2.45) is 0 Å². The molecule has 2 aromatic heterocycles. The highest BCUT2D eigenvalue weighted by molar-refractivity contribution is 6.02. The number of nitrogens with zero attached hydrogens (tertiary/aromatic N) is 5. The summed E-state index contributed by atoms with van der Waals surface area (Å²) in [5, 5.41) is 14.1. The minimum absolute atomic E-state index is 0.0197. The minimum atomic E-state index is -1.25. The number of esters is 1. The van der Waals surface area contributed by atoms with Crippen molar-refractivity contribution in [3.8, 4) is 28.5 Å². The Kier molecular flexibility index (Phi) is 9.64. The van der Waals surface area contributed by atoms with Crippen molar-refractivity contribution in [3.63, 3.8) is 0 Å². The van der Waals surface area contributed by atoms with Gasteiger partial charge in [-0.1, -0.05) is 48.9 Å². The molecule has 2 heterocycles. The monoisotopic (exact) mass is 646 g/mol. The fourth-order valence-corrected chi connectivity index (χ4v) is 5.68. The van der Waals surface area contributed by atoms with Crippen LogP contribution in [0.5, 0.6) is 6.01 Å². The van der Waals surface area contributed by atoms with Crippen LogP contribution in [0, 0.1) is 5.82 Å². The zero-order valence-electron chi connectivity index (χ0n) is 25.5. The topological polar surface area (TPSA) is 143 Å². The number of para-hydroxylation sites is 1. The predicted molar refractivity (Wildman–Crippen MR) is 165 cm³/mol. The first-order chi connectivity index (χ1) is 22.9. The number of tetrazole rings is 1. The Labute approximate surface area is 268 Å². The van der Waals surface area contributed by atoms with Crippen LogP contribution in [-0.2, 0) is 20.8 Å². The molecule has 12 nitrogen and oxygen atoms in total. The molecule has 47 heavy (non-hydrogen) atoms. The number of H-pyrrole nitrogens is 1. The van der Waals surface area contributed by atoms with Gasteiger partial charge in [0.1, 0.15) is 25.2 Å². The van der Waals surface area contributed by atoms with Gasteiger partial charge < -0.3 is 18.9 Å². The van der Waals surface area contributed by atoms with E-state index in [9.17, 15) is 14.0 Å². The maximum atomic E-state index is 15.7. The number of benzene rings is 3. The van der Waals surface area contributed by atoms with Gasteiger partial charge in [0, 0.05) is 18.1 Å². The van der Waals surface area contributed by atoms with Gasteiger partial charge in [-0.15, -0.1) is 10.2 Å². The number of imidazole rings is 1. The molecule has 3 aromatic carbocycles. The molecule has 1 unspecified atom stereocenters. The van der Waals surface area contributed by atoms with E-state index in [1.54, 1.807) is 53.1 Å². The number of rotatable bonds is 11. The summed E-state index contributed by atoms with van der Waals surface area (Å²) >= 11 is 0. The number of halogens is 2. The molecule has 14 heteroatoms. The summed E-state index contributed by atoms with van der Waals surface area (Å²) in [6.07, 6.45) is 2.21. The number of fused-ring (bicyclic) bond motifs is 1. The highest BCUT2D eigenvalue weighted by Crippen LogP contribution is 2.33. The molecule has 0 spiro atoms. The average molecular weight is 647 g/mol. The fourth-order valence-electron chi connectivity index (χ4n) is 5.68. The smallest absolute Gasteiger partial charge is 0.462 e. The number of carbonyl (C=O) groups is 2. The molecule has 1 aliphatic rings. The zero-order valence-corrected chi connectivity index (χ0v) is 25.5. The number of hydrogen-bond acceptors (Lipinski definition) is 10. The lowest BCUT2D eigenvalue weighted by atomic mass is 9.97. The van der Waals surface area contributed by atoms with Gasteiger partial charge in [-0.3, -0.25) is 4.57 Å². The van der Waals surface area contributed by atoms with Crippen LogP contribution in [-0.4, -0.2) is 68.0 Å². The first-order valence-corrected chi connectivity index (χ1v) is 15.3. The van der Waals surface area contributed by atoms with Gasteiger partial charge in [-0.25, -0.2) is 18.4 Å². The molecular weight excluding hydrogens is 614 g/mol. The van der Waals surface area contributed by atoms with E-state index in [0.717, 1.165) is 32.1 Å². The standard InChI is InChI=1S/C33H32F2N6O6/c1-20(46-33(43)47-22-8-3-2-4-9-22)45-31(42)26-12-7-13-28-29(26)41(32(36-28)44-17-16-34)19-21-14-15-24(27(35)18-21)23-10-5-6-11-25(23)30-37-39-40-38-30/h5-7,10-15,18,20,22H,2-4,8-9,16-17,19H2,1H3,(H,37,38,39,40). The van der Waals surface area contributed by atoms with Gasteiger partial charge in [0.2, 0.25) is 12.1 Å². The number of hydrogen-bond donors (Lipinski definition) is 1. The summed E-state index contributed by atoms with van der Waals surface area (Å²) in [6, 6.07) is 16.6. The van der Waals surface area contributed by atoms with Crippen molar-refractivity contribution < 1.29 is 37.3 Å². The molecule has 5 aromatic rings. The molecule has 244 valence electrons. The Balaban J connectivity index is 1.26. The third kappa shape index (κ3) is 7.21. The molecular formula is C33H32F2N6O6. The van der Waals surface area contributed by atoms with Crippen molar-refractivity contribution in [3.05, 3.63) is 77.6 Å². The first-order valence-electron chi connectivity index (χ1n) is 15.3. The van der Waals surface area contributed by atoms with Gasteiger partial charge in [0.15, 0.2) is 0 Å². The normalized spacial score (nSPS) is 14.1. The molecule has 0 radical (unpaired) electrons. The number of aromatic nitrogens is 6. The van der Waals surface area contributed by atoms with Crippen LogP contribution in [0.4, 0.5) is 13.6 Å². The number of ether oxygens (including phenoxy) is 4. The quantitative estimate of drug-likeness (QED) is 0.126. The zero-order chi connectivity index (χ0) is 32.8. The van der Waals surface area contributed by atoms with E-state index < -0.39 is 30.9 Å². The summed E-state index contributed by atoms with van der Waals surface area (Å²) in [5.74, 6) is -0.991. The second-order valence-electron chi connectivity index (χ2n) is 11.0. The van der Waals surface area contributed by atoms with Crippen LogP contribution in [0.15, 0.2) is 60.7 Å². The molecule has 0 bridgehead atoms. The molecule has 0 aliphatic heterocycles. The van der Waals surface area contributed by atoms with Crippen LogP contribution < -0.4 is 4.74 Å². The maximum absolute atomic E-state index is 15.7. The van der Waals surface area contributed by atoms with Crippen LogP contribution in [0.3, 0.4) is 0 Å². The fraction of sp³-hybridized carbons (Fsp3) is 0.333. The highest BCUT2D eigenvalue weighted by Gasteiger charge is 2.25. The van der Waals surface area contributed by atoms with Crippen LogP contribution in [0.2, 0.25) is 0 Å². The number of nitrogens with one attached hydrogen (secondary N) is 1. The Bertz CT molecular complexity index is 1860. The van der Waals surface area contributed by atoms with Crippen LogP contribution in [0.25, 0.3) is 33.5 Å². The van der Waals surface area contributed by atoms with Crippen molar-refractivity contribution in [1.82, 2.24) is 30.2 Å². The van der Waals surface area contributed by atoms with Crippen LogP contribution >= 0.6 is 0 Å². The third-order valence-corrected chi connectivity index (χ3v) is 7.79. The Morgan fingerprint density at radius 1 is 1.00 bits per heavy atom. The number of carbonyl (C=O) groups excluding carboxylic acids is 2. The second kappa shape index (κ2) is 14.4. The Hall–Kier alpha value is -5.40. The van der Waals surface area contributed by atoms with Crippen molar-refractivity contribution in [1.29, 1.82) is 0 Å². The Morgan fingerprint density at radius 3 is 2.55 bits per heavy atom. The van der Waals surface area contributed by atoms with Gasteiger partial charge >= 0.3 is 12.1 Å². The summed E-state index contributed by atoms with van der Waals surface area (Å²) in [6.45, 7) is 0.380. The van der Waals surface area contributed by atoms with Crippen LogP contribution in [0.1, 0.15) is 54.9 Å². The minimum Gasteiger partial charge on any atom is -0.462 e. The summed E-state index contributed by atoms with van der Waals surface area (Å²) in [5.41, 5.74) is 2.77. The summed E-state index contributed by atoms with van der Waals surface area (Å²) < 4.78 is 52.0. The van der Waals surface area contributed by atoms with Crippen molar-refractivity contribution in [2.75, 3.05) is 13.3 Å². The highest BCUT2D eigenvalue weighted by atomic mass is 19.1. The maximum Gasteiger partial charge on any atom is 0.511 e. The number of aromatic amines is 1. The summed E-state index contributed by atoms with van der Waals surface area (Å²) in [4.78, 5) is 30.1. The Morgan fingerprint density at radius 2 is 1.81 bits per heavy atom. The van der Waals surface area contributed by atoms with E-state index in [1.165, 1.54) is 19.1 Å². The lowest BCUT2D eigenvalue weighted by Gasteiger charge is -2.22. The van der Waals surface area contributed by atoms with Gasteiger partial charge in [-0.2, -0.15) is 10.2 Å². The van der Waals surface area contributed by atoms with E-state index in [2.05, 4.69) is 25.6 Å². The lowest BCUT2D eigenvalue weighted by molar-refractivity contribution is -0.0914. The van der Waals surface area contributed by atoms with E-state index in [0.29, 0.717) is 39.1 Å². The third-order valence-electron chi connectivity index (χ3n) is 7.79. The SMILES string of the molecule is CC(OC(=O)OC1CCCCC1)OC(=O)c1cccc2nc(OCCF)n(Cc3ccc(-c4ccccc4-c4nn[nH]n4)c(F)c3)c12. The molecule has 1 N–H and O–H groups in total. The van der Waals surface area contributed by atoms with E-state index in [-0.39, 0.29) is 30.8 Å². The molecule has 1 saturated carbocycles. The van der Waals surface area contributed by atoms with Crippen molar-refractivity contribution in [2.45, 2.75) is 58.0 Å². The van der Waals surface area contributed by atoms with Gasteiger partial charge in [0.25, 0.3) is 6.01 Å². The average Bonchev–Trinajstić information content (AvgIpc) is 3.73. The predicted octanol–water partition coefficient (Wildman–Crippen LogP) is 6.41. The molecule has 0 amide bonds. The molecule has 1 atom stereocenters. The second-order valence-corrected chi connectivity index (χ2v) is 11.0. The number of alkyl halides is 1. The van der Waals surface area contributed by atoms with Gasteiger partial charge in [-0.05, 0) is 60.2 Å². The van der Waals surface area contributed by atoms with Crippen molar-refractivity contribution >= 4 is 23.2 Å².